The molecule has 0 amide bonds. The highest BCUT2D eigenvalue weighted by Gasteiger charge is 2.04. The summed E-state index contributed by atoms with van der Waals surface area (Å²) >= 11 is 0. The number of hydrazine groups is 1. The molecule has 2 rings (SSSR count). The minimum absolute atomic E-state index is 0.542. The van der Waals surface area contributed by atoms with Gasteiger partial charge in [0.2, 0.25) is 0 Å². The summed E-state index contributed by atoms with van der Waals surface area (Å²) in [4.78, 5) is 14.4. The third kappa shape index (κ3) is 2.88. The van der Waals surface area contributed by atoms with Crippen LogP contribution >= 0.6 is 0 Å². The lowest BCUT2D eigenvalue weighted by Crippen LogP contribution is -2.19. The molecule has 0 spiro atoms. The number of anilines is 2. The zero-order chi connectivity index (χ0) is 12.1. The molecule has 2 heterocycles. The van der Waals surface area contributed by atoms with Crippen molar-refractivity contribution in [3.8, 4) is 0 Å². The summed E-state index contributed by atoms with van der Waals surface area (Å²) in [6.07, 6.45) is 6.84. The molecule has 3 N–H and O–H groups in total. The second kappa shape index (κ2) is 5.22. The van der Waals surface area contributed by atoms with Crippen molar-refractivity contribution in [1.82, 2.24) is 15.0 Å². The van der Waals surface area contributed by atoms with Gasteiger partial charge in [0.15, 0.2) is 5.82 Å². The minimum atomic E-state index is 0.542. The Balaban J connectivity index is 2.11. The van der Waals surface area contributed by atoms with Crippen molar-refractivity contribution < 1.29 is 0 Å². The molecule has 0 saturated carbocycles. The van der Waals surface area contributed by atoms with Crippen LogP contribution in [0.3, 0.4) is 0 Å². The van der Waals surface area contributed by atoms with Crippen molar-refractivity contribution in [1.29, 1.82) is 0 Å². The third-order valence-corrected chi connectivity index (χ3v) is 2.30. The van der Waals surface area contributed by atoms with Gasteiger partial charge in [0.1, 0.15) is 5.82 Å². The molecule has 6 heteroatoms. The fraction of sp³-hybridized carbons (Fsp3) is 0.182. The van der Waals surface area contributed by atoms with E-state index in [1.165, 1.54) is 0 Å². The van der Waals surface area contributed by atoms with Gasteiger partial charge in [-0.3, -0.25) is 9.97 Å². The monoisotopic (exact) mass is 230 g/mol. The van der Waals surface area contributed by atoms with Gasteiger partial charge >= 0.3 is 0 Å². The number of pyridine rings is 1. The van der Waals surface area contributed by atoms with E-state index < -0.39 is 0 Å². The van der Waals surface area contributed by atoms with Crippen LogP contribution in [0.15, 0.2) is 36.9 Å². The van der Waals surface area contributed by atoms with Gasteiger partial charge in [-0.1, -0.05) is 6.07 Å². The predicted octanol–water partition coefficient (Wildman–Crippen LogP) is 0.794. The molecule has 0 aliphatic rings. The molecule has 88 valence electrons. The van der Waals surface area contributed by atoms with Crippen molar-refractivity contribution in [2.24, 2.45) is 5.84 Å². The molecule has 0 atom stereocenters. The largest absolute Gasteiger partial charge is 0.354 e. The predicted molar refractivity (Wildman–Crippen MR) is 66.2 cm³/mol. The molecular weight excluding hydrogens is 216 g/mol. The van der Waals surface area contributed by atoms with E-state index in [9.17, 15) is 0 Å². The van der Waals surface area contributed by atoms with E-state index in [0.29, 0.717) is 5.82 Å². The first-order valence-electron chi connectivity index (χ1n) is 5.18. The lowest BCUT2D eigenvalue weighted by atomic mass is 10.3. The first-order chi connectivity index (χ1) is 8.29. The topological polar surface area (TPSA) is 80.0 Å². The second-order valence-electron chi connectivity index (χ2n) is 3.62. The maximum atomic E-state index is 5.29. The molecule has 0 aromatic carbocycles. The van der Waals surface area contributed by atoms with Crippen LogP contribution in [0.5, 0.6) is 0 Å². The van der Waals surface area contributed by atoms with Gasteiger partial charge in [-0.05, 0) is 11.6 Å². The van der Waals surface area contributed by atoms with Crippen molar-refractivity contribution in [3.63, 3.8) is 0 Å². The van der Waals surface area contributed by atoms with Crippen molar-refractivity contribution >= 4 is 11.6 Å². The Morgan fingerprint density at radius 1 is 1.29 bits per heavy atom. The van der Waals surface area contributed by atoms with Crippen molar-refractivity contribution in [2.75, 3.05) is 17.4 Å². The molecule has 17 heavy (non-hydrogen) atoms. The fourth-order valence-electron chi connectivity index (χ4n) is 1.46. The zero-order valence-electron chi connectivity index (χ0n) is 9.54. The maximum Gasteiger partial charge on any atom is 0.160 e. The fourth-order valence-corrected chi connectivity index (χ4v) is 1.46. The summed E-state index contributed by atoms with van der Waals surface area (Å²) in [6.45, 7) is 0.719. The first-order valence-corrected chi connectivity index (χ1v) is 5.18. The second-order valence-corrected chi connectivity index (χ2v) is 3.62. The summed E-state index contributed by atoms with van der Waals surface area (Å²) < 4.78 is 0. The normalized spacial score (nSPS) is 10.0. The van der Waals surface area contributed by atoms with E-state index in [4.69, 9.17) is 5.84 Å². The van der Waals surface area contributed by atoms with E-state index >= 15 is 0 Å². The molecule has 6 nitrogen and oxygen atoms in total. The Labute approximate surface area is 99.5 Å². The van der Waals surface area contributed by atoms with Crippen LogP contribution in [0.2, 0.25) is 0 Å². The minimum Gasteiger partial charge on any atom is -0.354 e. The Kier molecular flexibility index (Phi) is 3.46. The van der Waals surface area contributed by atoms with Gasteiger partial charge in [-0.25, -0.2) is 10.8 Å². The number of hydrogen-bond donors (Lipinski definition) is 2. The number of rotatable bonds is 4. The van der Waals surface area contributed by atoms with E-state index in [0.717, 1.165) is 17.9 Å². The highest BCUT2D eigenvalue weighted by molar-refractivity contribution is 5.42. The average molecular weight is 230 g/mol. The van der Waals surface area contributed by atoms with Crippen LogP contribution in [-0.4, -0.2) is 22.0 Å². The highest BCUT2D eigenvalue weighted by atomic mass is 15.3. The maximum absolute atomic E-state index is 5.29. The third-order valence-electron chi connectivity index (χ3n) is 2.30. The summed E-state index contributed by atoms with van der Waals surface area (Å²) in [5.74, 6) is 6.59. The van der Waals surface area contributed by atoms with Crippen LogP contribution < -0.4 is 16.2 Å². The molecule has 0 unspecified atom stereocenters. The number of hydrogen-bond acceptors (Lipinski definition) is 6. The van der Waals surface area contributed by atoms with Gasteiger partial charge in [-0.15, -0.1) is 0 Å². The highest BCUT2D eigenvalue weighted by Crippen LogP contribution is 2.12. The molecule has 0 bridgehead atoms. The van der Waals surface area contributed by atoms with Gasteiger partial charge in [0.25, 0.3) is 0 Å². The first kappa shape index (κ1) is 11.3. The van der Waals surface area contributed by atoms with Crippen LogP contribution in [0.1, 0.15) is 5.56 Å². The van der Waals surface area contributed by atoms with Crippen LogP contribution in [0.25, 0.3) is 0 Å². The van der Waals surface area contributed by atoms with Gasteiger partial charge < -0.3 is 10.3 Å². The number of nitrogen functional groups attached to an aromatic ring is 1. The summed E-state index contributed by atoms with van der Waals surface area (Å²) in [7, 11) is 1.94. The van der Waals surface area contributed by atoms with E-state index in [1.54, 1.807) is 18.6 Å². The molecule has 0 fully saturated rings. The Morgan fingerprint density at radius 3 is 2.88 bits per heavy atom. The van der Waals surface area contributed by atoms with Crippen LogP contribution in [-0.2, 0) is 6.54 Å². The molecule has 0 aliphatic heterocycles. The van der Waals surface area contributed by atoms with E-state index in [2.05, 4.69) is 20.4 Å². The lowest BCUT2D eigenvalue weighted by Gasteiger charge is -2.17. The van der Waals surface area contributed by atoms with E-state index in [1.807, 2.05) is 30.3 Å². The number of nitrogens with two attached hydrogens (primary N) is 1. The molecular formula is C11H14N6. The Hall–Kier alpha value is -2.21. The molecule has 0 aliphatic carbocycles. The van der Waals surface area contributed by atoms with Gasteiger partial charge in [0.05, 0.1) is 12.4 Å². The molecule has 0 radical (unpaired) electrons. The number of nitrogens with zero attached hydrogens (tertiary/aromatic N) is 4. The van der Waals surface area contributed by atoms with Crippen LogP contribution in [0.4, 0.5) is 11.6 Å². The quantitative estimate of drug-likeness (QED) is 0.597. The van der Waals surface area contributed by atoms with E-state index in [-0.39, 0.29) is 0 Å². The molecule has 0 saturated heterocycles. The smallest absolute Gasteiger partial charge is 0.160 e. The average Bonchev–Trinajstić information content (AvgIpc) is 2.40. The summed E-state index contributed by atoms with van der Waals surface area (Å²) in [5, 5.41) is 0. The standard InChI is InChI=1S/C11H14N6/c1-17(8-9-3-2-4-13-5-9)11-7-14-6-10(15-11)16-12/h2-7H,8,12H2,1H3,(H,15,16). The van der Waals surface area contributed by atoms with Crippen LogP contribution in [0, 0.1) is 0 Å². The summed E-state index contributed by atoms with van der Waals surface area (Å²) in [6, 6.07) is 3.93. The SMILES string of the molecule is CN(Cc1cccnc1)c1cncc(NN)n1. The Morgan fingerprint density at radius 2 is 2.18 bits per heavy atom. The van der Waals surface area contributed by atoms with Crippen molar-refractivity contribution in [2.45, 2.75) is 6.54 Å². The molecule has 2 aromatic rings. The lowest BCUT2D eigenvalue weighted by molar-refractivity contribution is 0.884. The Bertz CT molecular complexity index is 472. The summed E-state index contributed by atoms with van der Waals surface area (Å²) in [5.41, 5.74) is 3.59. The molecule has 2 aromatic heterocycles. The van der Waals surface area contributed by atoms with Gasteiger partial charge in [-0.2, -0.15) is 0 Å². The zero-order valence-corrected chi connectivity index (χ0v) is 9.54. The van der Waals surface area contributed by atoms with Gasteiger partial charge in [0, 0.05) is 26.0 Å². The number of nitrogens with one attached hydrogen (secondary N) is 1. The van der Waals surface area contributed by atoms with Crippen molar-refractivity contribution in [3.05, 3.63) is 42.5 Å². The number of aromatic nitrogens is 3.